The molecule has 0 aromatic rings. The Balaban J connectivity index is 3.87. The summed E-state index contributed by atoms with van der Waals surface area (Å²) in [6.07, 6.45) is 0. The van der Waals surface area contributed by atoms with Crippen LogP contribution >= 0.6 is 0 Å². The summed E-state index contributed by atoms with van der Waals surface area (Å²) in [6, 6.07) is 2.24. The minimum absolute atomic E-state index is 1.08. The molecule has 0 amide bonds. The smallest absolute Gasteiger partial charge is 0.249 e. The number of nitro groups is 2. The Hall–Kier alpha value is -1.64. The van der Waals surface area contributed by atoms with Gasteiger partial charge in [0, 0.05) is 0 Å². The Kier molecular flexibility index (Phi) is 2.00. The summed E-state index contributed by atoms with van der Waals surface area (Å²) >= 11 is 0. The lowest BCUT2D eigenvalue weighted by molar-refractivity contribution is -0.406. The third-order valence-corrected chi connectivity index (χ3v) is 0.233. The summed E-state index contributed by atoms with van der Waals surface area (Å²) in [5.74, 6) is 0. The fourth-order valence-corrected chi connectivity index (χ4v) is 0.0816. The molecule has 0 aliphatic rings. The van der Waals surface area contributed by atoms with Gasteiger partial charge in [0.25, 0.3) is 0 Å². The van der Waals surface area contributed by atoms with Crippen molar-refractivity contribution in [3.8, 4) is 12.1 Å². The van der Waals surface area contributed by atoms with E-state index in [1.807, 2.05) is 0 Å². The van der Waals surface area contributed by atoms with Gasteiger partial charge in [-0.25, -0.2) is 20.2 Å². The first-order valence-electron chi connectivity index (χ1n) is 1.43. The molecule has 0 rings (SSSR count). The molecule has 0 aliphatic carbocycles. The van der Waals surface area contributed by atoms with E-state index >= 15 is 0 Å². The third-order valence-electron chi connectivity index (χ3n) is 0.233. The van der Waals surface area contributed by atoms with Gasteiger partial charge in [0.15, 0.2) is 0 Å². The molecule has 0 aromatic heterocycles. The first kappa shape index (κ1) is 6.36. The normalized spacial score (nSPS) is 6.50. The highest BCUT2D eigenvalue weighted by atomic mass is 16.6. The summed E-state index contributed by atoms with van der Waals surface area (Å²) in [7, 11) is 0. The molecule has 6 nitrogen and oxygen atoms in total. The van der Waals surface area contributed by atoms with Gasteiger partial charge in [-0.3, -0.25) is 0 Å². The minimum Gasteiger partial charge on any atom is -0.249 e. The lowest BCUT2D eigenvalue weighted by atomic mass is 11.1. The zero-order valence-electron chi connectivity index (χ0n) is 3.53. The third kappa shape index (κ3) is 4.36. The Morgan fingerprint density at radius 3 is 1.38 bits per heavy atom. The van der Waals surface area contributed by atoms with E-state index in [-0.39, 0.29) is 0 Å². The van der Waals surface area contributed by atoms with Gasteiger partial charge in [0.2, 0.25) is 0 Å². The topological polar surface area (TPSA) is 86.3 Å². The molecular formula is C2N2O4. The fourth-order valence-electron chi connectivity index (χ4n) is 0.0816. The Morgan fingerprint density at radius 1 is 1.00 bits per heavy atom. The van der Waals surface area contributed by atoms with Gasteiger partial charge in [-0.1, -0.05) is 0 Å². The Bertz CT molecular complexity index is 156. The van der Waals surface area contributed by atoms with Crippen LogP contribution in [0.25, 0.3) is 0 Å². The number of hydrogen-bond acceptors (Lipinski definition) is 4. The fraction of sp³-hybridized carbons (Fsp3) is 0. The molecule has 0 unspecified atom stereocenters. The lowest BCUT2D eigenvalue weighted by Crippen LogP contribution is -1.88. The largest absolute Gasteiger partial charge is 0.371 e. The molecule has 0 aromatic carbocycles. The van der Waals surface area contributed by atoms with Gasteiger partial charge in [-0.05, 0) is 0 Å². The number of hydrogen-bond donors (Lipinski definition) is 0. The van der Waals surface area contributed by atoms with E-state index < -0.39 is 9.85 Å². The van der Waals surface area contributed by atoms with E-state index in [0.29, 0.717) is 0 Å². The van der Waals surface area contributed by atoms with Crippen molar-refractivity contribution >= 4 is 0 Å². The molecule has 0 fully saturated rings. The predicted molar refractivity (Wildman–Crippen MR) is 21.8 cm³/mol. The first-order valence-corrected chi connectivity index (χ1v) is 1.43. The van der Waals surface area contributed by atoms with Gasteiger partial charge in [-0.15, -0.1) is 0 Å². The molecule has 0 saturated carbocycles. The van der Waals surface area contributed by atoms with Gasteiger partial charge < -0.3 is 0 Å². The number of rotatable bonds is 0. The standard InChI is InChI=1S/C2N2O4/c5-3(6)1-2-4(7)8. The van der Waals surface area contributed by atoms with E-state index in [0.717, 1.165) is 12.1 Å². The van der Waals surface area contributed by atoms with Crippen molar-refractivity contribution in [2.45, 2.75) is 0 Å². The lowest BCUT2D eigenvalue weighted by Gasteiger charge is -1.64. The first-order chi connectivity index (χ1) is 3.63. The van der Waals surface area contributed by atoms with Crippen molar-refractivity contribution in [1.82, 2.24) is 0 Å². The van der Waals surface area contributed by atoms with Gasteiger partial charge in [0.1, 0.15) is 9.85 Å². The monoisotopic (exact) mass is 116 g/mol. The van der Waals surface area contributed by atoms with Crippen molar-refractivity contribution in [3.63, 3.8) is 0 Å². The molecule has 0 heterocycles. The second-order valence-electron chi connectivity index (χ2n) is 0.738. The molecule has 0 spiro atoms. The maximum atomic E-state index is 9.23. The van der Waals surface area contributed by atoms with E-state index in [9.17, 15) is 20.2 Å². The average Bonchev–Trinajstić information content (AvgIpc) is 1.61. The molecule has 8 heavy (non-hydrogen) atoms. The molecule has 0 N–H and O–H groups in total. The molecular weight excluding hydrogens is 116 g/mol. The van der Waals surface area contributed by atoms with Crippen LogP contribution in [0.3, 0.4) is 0 Å². The van der Waals surface area contributed by atoms with Gasteiger partial charge >= 0.3 is 12.1 Å². The zero-order chi connectivity index (χ0) is 6.57. The van der Waals surface area contributed by atoms with Crippen molar-refractivity contribution in [2.24, 2.45) is 0 Å². The average molecular weight is 116 g/mol. The van der Waals surface area contributed by atoms with Crippen molar-refractivity contribution in [2.75, 3.05) is 0 Å². The van der Waals surface area contributed by atoms with Crippen LogP contribution < -0.4 is 0 Å². The molecule has 0 aliphatic heterocycles. The van der Waals surface area contributed by atoms with E-state index in [1.54, 1.807) is 0 Å². The van der Waals surface area contributed by atoms with Crippen LogP contribution in [-0.4, -0.2) is 9.85 Å². The summed E-state index contributed by atoms with van der Waals surface area (Å²) in [5.41, 5.74) is 0. The second-order valence-corrected chi connectivity index (χ2v) is 0.738. The van der Waals surface area contributed by atoms with Crippen LogP contribution in [-0.2, 0) is 0 Å². The Labute approximate surface area is 43.4 Å². The van der Waals surface area contributed by atoms with Crippen LogP contribution in [0.2, 0.25) is 0 Å². The SMILES string of the molecule is O=[N+]([O-])C#C[N+](=O)[O-]. The number of nitrogens with zero attached hydrogens (tertiary/aromatic N) is 2. The van der Waals surface area contributed by atoms with Crippen LogP contribution in [0.1, 0.15) is 0 Å². The van der Waals surface area contributed by atoms with Gasteiger partial charge in [-0.2, -0.15) is 0 Å². The van der Waals surface area contributed by atoms with Crippen molar-refractivity contribution in [3.05, 3.63) is 20.2 Å². The Morgan fingerprint density at radius 2 is 1.25 bits per heavy atom. The minimum atomic E-state index is -1.08. The predicted octanol–water partition coefficient (Wildman–Crippen LogP) is -0.542. The summed E-state index contributed by atoms with van der Waals surface area (Å²) in [5, 5.41) is 18.5. The van der Waals surface area contributed by atoms with E-state index in [2.05, 4.69) is 0 Å². The van der Waals surface area contributed by atoms with Crippen LogP contribution in [0.15, 0.2) is 0 Å². The molecule has 0 saturated heterocycles. The van der Waals surface area contributed by atoms with Gasteiger partial charge in [0.05, 0.1) is 0 Å². The maximum absolute atomic E-state index is 9.23. The van der Waals surface area contributed by atoms with Crippen molar-refractivity contribution < 1.29 is 9.85 Å². The molecule has 0 atom stereocenters. The van der Waals surface area contributed by atoms with Crippen molar-refractivity contribution in [1.29, 1.82) is 0 Å². The highest BCUT2D eigenvalue weighted by molar-refractivity contribution is 4.76. The quantitative estimate of drug-likeness (QED) is 0.184. The molecule has 6 heteroatoms. The molecule has 0 bridgehead atoms. The van der Waals surface area contributed by atoms with E-state index in [4.69, 9.17) is 0 Å². The van der Waals surface area contributed by atoms with Crippen LogP contribution in [0, 0.1) is 32.3 Å². The van der Waals surface area contributed by atoms with E-state index in [1.165, 1.54) is 0 Å². The zero-order valence-corrected chi connectivity index (χ0v) is 3.53. The van der Waals surface area contributed by atoms with Crippen LogP contribution in [0.5, 0.6) is 0 Å². The van der Waals surface area contributed by atoms with Crippen LogP contribution in [0.4, 0.5) is 0 Å². The second kappa shape index (κ2) is 2.52. The summed E-state index contributed by atoms with van der Waals surface area (Å²) < 4.78 is 0. The molecule has 0 radical (unpaired) electrons. The molecule has 42 valence electrons. The summed E-state index contributed by atoms with van der Waals surface area (Å²) in [4.78, 5) is 16.3. The highest BCUT2D eigenvalue weighted by Crippen LogP contribution is 1.60. The highest BCUT2D eigenvalue weighted by Gasteiger charge is 1.89. The summed E-state index contributed by atoms with van der Waals surface area (Å²) in [6.45, 7) is 0. The maximum Gasteiger partial charge on any atom is 0.371 e.